The van der Waals surface area contributed by atoms with Crippen LogP contribution in [0, 0.1) is 0 Å². The van der Waals surface area contributed by atoms with Crippen LogP contribution in [0.15, 0.2) is 18.2 Å². The molecule has 0 aliphatic carbocycles. The van der Waals surface area contributed by atoms with Crippen LogP contribution < -0.4 is 0 Å². The third kappa shape index (κ3) is 3.41. The molecular weight excluding hydrogens is 280 g/mol. The first-order chi connectivity index (χ1) is 9.84. The van der Waals surface area contributed by atoms with Crippen molar-refractivity contribution in [3.05, 3.63) is 29.6 Å². The van der Waals surface area contributed by atoms with E-state index in [-0.39, 0.29) is 5.54 Å². The number of carbonyl (C=O) groups is 1. The lowest BCUT2D eigenvalue weighted by Gasteiger charge is -2.23. The van der Waals surface area contributed by atoms with E-state index >= 15 is 0 Å². The van der Waals surface area contributed by atoms with Crippen molar-refractivity contribution in [2.24, 2.45) is 0 Å². The molecule has 0 saturated heterocycles. The Hall–Kier alpha value is -1.46. The second-order valence-corrected chi connectivity index (χ2v) is 8.98. The number of rotatable bonds is 5. The number of hydrogen-bond acceptors (Lipinski definition) is 3. The van der Waals surface area contributed by atoms with Crippen molar-refractivity contribution in [1.29, 1.82) is 0 Å². The van der Waals surface area contributed by atoms with E-state index in [1.165, 1.54) is 0 Å². The van der Waals surface area contributed by atoms with Gasteiger partial charge in [0.05, 0.1) is 11.0 Å². The van der Waals surface area contributed by atoms with Crippen LogP contribution in [0.25, 0.3) is 11.0 Å². The van der Waals surface area contributed by atoms with E-state index in [1.807, 2.05) is 16.7 Å². The summed E-state index contributed by atoms with van der Waals surface area (Å²) in [5, 5.41) is 0. The molecule has 0 amide bonds. The number of carbonyl (C=O) groups excluding carboxylic acids is 1. The summed E-state index contributed by atoms with van der Waals surface area (Å²) in [6.07, 6.45) is 1.68. The Kier molecular flexibility index (Phi) is 4.63. The van der Waals surface area contributed by atoms with Gasteiger partial charge >= 0.3 is 0 Å². The molecule has 0 atom stereocenters. The molecule has 0 bridgehead atoms. The van der Waals surface area contributed by atoms with Gasteiger partial charge in [-0.25, -0.2) is 4.98 Å². The Bertz CT molecular complexity index is 641. The highest BCUT2D eigenvalue weighted by molar-refractivity contribution is 6.48. The maximum absolute atomic E-state index is 11.4. The van der Waals surface area contributed by atoms with Crippen LogP contribution in [0.3, 0.4) is 0 Å². The van der Waals surface area contributed by atoms with Crippen LogP contribution in [-0.2, 0) is 16.4 Å². The molecule has 0 saturated carbocycles. The van der Waals surface area contributed by atoms with Gasteiger partial charge in [0.25, 0.3) is 0 Å². The van der Waals surface area contributed by atoms with Crippen molar-refractivity contribution in [1.82, 2.24) is 9.55 Å². The largest absolute Gasteiger partial charge is 0.420 e. The molecule has 0 fully saturated rings. The van der Waals surface area contributed by atoms with Crippen LogP contribution in [-0.4, -0.2) is 31.5 Å². The van der Waals surface area contributed by atoms with E-state index in [1.54, 1.807) is 0 Å². The van der Waals surface area contributed by atoms with Gasteiger partial charge in [0.15, 0.2) is 21.2 Å². The highest BCUT2D eigenvalue weighted by atomic mass is 28.3. The fourth-order valence-corrected chi connectivity index (χ4v) is 3.15. The summed E-state index contributed by atoms with van der Waals surface area (Å²) in [7, 11) is -0.994. The maximum atomic E-state index is 11.4. The van der Waals surface area contributed by atoms with Crippen molar-refractivity contribution >= 4 is 26.4 Å². The second kappa shape index (κ2) is 6.11. The monoisotopic (exact) mass is 304 g/mol. The summed E-state index contributed by atoms with van der Waals surface area (Å²) in [5.41, 5.74) is 2.91. The Labute approximate surface area is 127 Å². The molecule has 114 valence electrons. The van der Waals surface area contributed by atoms with E-state index in [0.717, 1.165) is 35.9 Å². The summed E-state index contributed by atoms with van der Waals surface area (Å²) < 4.78 is 7.77. The summed E-state index contributed by atoms with van der Waals surface area (Å²) in [6, 6.07) is 6.13. The number of benzene rings is 1. The van der Waals surface area contributed by atoms with Crippen molar-refractivity contribution in [2.75, 3.05) is 6.61 Å². The Morgan fingerprint density at radius 1 is 1.33 bits per heavy atom. The highest BCUT2D eigenvalue weighted by Crippen LogP contribution is 2.26. The molecule has 1 aromatic heterocycles. The van der Waals surface area contributed by atoms with Gasteiger partial charge in [-0.1, -0.05) is 12.1 Å². The fourth-order valence-electron chi connectivity index (χ4n) is 2.57. The van der Waals surface area contributed by atoms with E-state index in [0.29, 0.717) is 5.82 Å². The molecule has 1 aromatic carbocycles. The average molecular weight is 304 g/mol. The zero-order chi connectivity index (χ0) is 15.6. The zero-order valence-electron chi connectivity index (χ0n) is 13.5. The second-order valence-electron chi connectivity index (χ2n) is 6.55. The molecule has 4 nitrogen and oxygen atoms in total. The quantitative estimate of drug-likeness (QED) is 0.629. The summed E-state index contributed by atoms with van der Waals surface area (Å²) in [5.74, 6) is 0.490. The molecule has 5 heteroatoms. The number of fused-ring (bicyclic) bond motifs is 1. The van der Waals surface area contributed by atoms with Crippen molar-refractivity contribution in [2.45, 2.75) is 45.8 Å². The van der Waals surface area contributed by atoms with Crippen LogP contribution in [0.5, 0.6) is 0 Å². The fraction of sp³-hybridized carbons (Fsp3) is 0.500. The van der Waals surface area contributed by atoms with Crippen LogP contribution >= 0.6 is 0 Å². The van der Waals surface area contributed by atoms with Crippen LogP contribution in [0.2, 0.25) is 13.1 Å². The third-order valence-corrected chi connectivity index (χ3v) is 4.30. The summed E-state index contributed by atoms with van der Waals surface area (Å²) >= 11 is 0. The molecule has 2 rings (SSSR count). The molecular formula is C16H24N2O2Si. The SMILES string of the molecule is C[SiH](C)OCCc1cccc2c1nc(C=O)n2C(C)(C)C. The zero-order valence-corrected chi connectivity index (χ0v) is 14.7. The van der Waals surface area contributed by atoms with Gasteiger partial charge in [0.1, 0.15) is 0 Å². The number of hydrogen-bond donors (Lipinski definition) is 0. The topological polar surface area (TPSA) is 44.1 Å². The van der Waals surface area contributed by atoms with Gasteiger partial charge in [-0.15, -0.1) is 0 Å². The highest BCUT2D eigenvalue weighted by Gasteiger charge is 2.22. The molecule has 0 aliphatic heterocycles. The number of imidazole rings is 1. The molecule has 0 aliphatic rings. The first-order valence-electron chi connectivity index (χ1n) is 7.42. The van der Waals surface area contributed by atoms with Crippen molar-refractivity contribution in [3.8, 4) is 0 Å². The molecule has 0 radical (unpaired) electrons. The summed E-state index contributed by atoms with van der Waals surface area (Å²) in [4.78, 5) is 15.9. The number of para-hydroxylation sites is 1. The first-order valence-corrected chi connectivity index (χ1v) is 10.2. The standard InChI is InChI=1S/C16H24N2O2Si/c1-16(2,3)18-13-8-6-7-12(9-10-20-21(4)5)15(13)17-14(18)11-19/h6-8,11,21H,9-10H2,1-5H3. The molecule has 0 unspecified atom stereocenters. The minimum atomic E-state index is -0.994. The van der Waals surface area contributed by atoms with Gasteiger partial charge in [0, 0.05) is 12.1 Å². The minimum Gasteiger partial charge on any atom is -0.420 e. The lowest BCUT2D eigenvalue weighted by molar-refractivity contribution is 0.110. The third-order valence-electron chi connectivity index (χ3n) is 3.39. The van der Waals surface area contributed by atoms with Gasteiger partial charge in [0.2, 0.25) is 0 Å². The number of aromatic nitrogens is 2. The van der Waals surface area contributed by atoms with Gasteiger partial charge < -0.3 is 8.99 Å². The predicted molar refractivity (Wildman–Crippen MR) is 88.6 cm³/mol. The Balaban J connectivity index is 2.46. The van der Waals surface area contributed by atoms with E-state index in [9.17, 15) is 4.79 Å². The smallest absolute Gasteiger partial charge is 0.185 e. The molecule has 21 heavy (non-hydrogen) atoms. The minimum absolute atomic E-state index is 0.176. The van der Waals surface area contributed by atoms with Gasteiger partial charge in [-0.3, -0.25) is 4.79 Å². The number of nitrogens with zero attached hydrogens (tertiary/aromatic N) is 2. The lowest BCUT2D eigenvalue weighted by Crippen LogP contribution is -2.23. The van der Waals surface area contributed by atoms with E-state index < -0.39 is 9.04 Å². The van der Waals surface area contributed by atoms with Crippen molar-refractivity contribution < 1.29 is 9.22 Å². The number of aldehydes is 1. The maximum Gasteiger partial charge on any atom is 0.185 e. The normalized spacial score (nSPS) is 12.3. The van der Waals surface area contributed by atoms with Crippen LogP contribution in [0.4, 0.5) is 0 Å². The van der Waals surface area contributed by atoms with Crippen molar-refractivity contribution in [3.63, 3.8) is 0 Å². The molecule has 0 N–H and O–H groups in total. The molecule has 0 spiro atoms. The Morgan fingerprint density at radius 2 is 2.05 bits per heavy atom. The lowest BCUT2D eigenvalue weighted by atomic mass is 10.1. The van der Waals surface area contributed by atoms with Crippen LogP contribution in [0.1, 0.15) is 37.0 Å². The first kappa shape index (κ1) is 15.9. The predicted octanol–water partition coefficient (Wildman–Crippen LogP) is 3.15. The van der Waals surface area contributed by atoms with E-state index in [4.69, 9.17) is 4.43 Å². The Morgan fingerprint density at radius 3 is 2.62 bits per heavy atom. The molecule has 1 heterocycles. The average Bonchev–Trinajstić information content (AvgIpc) is 2.77. The summed E-state index contributed by atoms with van der Waals surface area (Å²) in [6.45, 7) is 11.3. The van der Waals surface area contributed by atoms with Gasteiger partial charge in [-0.05, 0) is 51.9 Å². The van der Waals surface area contributed by atoms with E-state index in [2.05, 4.69) is 44.9 Å². The van der Waals surface area contributed by atoms with Gasteiger partial charge in [-0.2, -0.15) is 0 Å². The molecule has 2 aromatic rings.